The van der Waals surface area contributed by atoms with Crippen LogP contribution in [-0.4, -0.2) is 11.8 Å². The number of nitrogens with one attached hydrogen (secondary N) is 1. The van der Waals surface area contributed by atoms with Crippen LogP contribution in [0.15, 0.2) is 48.5 Å². The number of hydrogen-bond acceptors (Lipinski definition) is 2. The van der Waals surface area contributed by atoms with Crippen LogP contribution in [0.5, 0.6) is 0 Å². The molecule has 0 fully saturated rings. The quantitative estimate of drug-likeness (QED) is 0.892. The van der Waals surface area contributed by atoms with Crippen LogP contribution in [-0.2, 0) is 11.2 Å². The lowest BCUT2D eigenvalue weighted by Gasteiger charge is -2.08. The van der Waals surface area contributed by atoms with E-state index in [2.05, 4.69) is 5.32 Å². The van der Waals surface area contributed by atoms with E-state index < -0.39 is 5.91 Å². The Labute approximate surface area is 117 Å². The number of primary amides is 1. The fraction of sp³-hybridized carbons (Fsp3) is 0.125. The smallest absolute Gasteiger partial charge is 0.248 e. The molecule has 3 N–H and O–H groups in total. The molecule has 0 aliphatic rings. The summed E-state index contributed by atoms with van der Waals surface area (Å²) >= 11 is 0. The van der Waals surface area contributed by atoms with Gasteiger partial charge in [0.2, 0.25) is 11.8 Å². The monoisotopic (exact) mass is 268 g/mol. The summed E-state index contributed by atoms with van der Waals surface area (Å²) in [6, 6.07) is 14.3. The third kappa shape index (κ3) is 3.45. The standard InChI is InChI=1S/C16H16N2O2/c1-11-5-2-3-6-12(11)10-15(19)18-14-8-4-7-13(9-14)16(17)20/h2-9H,10H2,1H3,(H2,17,20)(H,18,19). The van der Waals surface area contributed by atoms with Gasteiger partial charge in [0.15, 0.2) is 0 Å². The van der Waals surface area contributed by atoms with E-state index in [0.29, 0.717) is 17.7 Å². The first-order valence-corrected chi connectivity index (χ1v) is 6.30. The second-order valence-corrected chi connectivity index (χ2v) is 4.60. The number of carbonyl (C=O) groups is 2. The van der Waals surface area contributed by atoms with Crippen LogP contribution in [0.25, 0.3) is 0 Å². The van der Waals surface area contributed by atoms with Crippen molar-refractivity contribution in [3.63, 3.8) is 0 Å². The summed E-state index contributed by atoms with van der Waals surface area (Å²) in [6.07, 6.45) is 0.299. The number of benzene rings is 2. The van der Waals surface area contributed by atoms with E-state index in [4.69, 9.17) is 5.73 Å². The summed E-state index contributed by atoms with van der Waals surface area (Å²) in [4.78, 5) is 23.1. The molecular formula is C16H16N2O2. The number of hydrogen-bond donors (Lipinski definition) is 2. The van der Waals surface area contributed by atoms with Gasteiger partial charge in [0, 0.05) is 11.3 Å². The largest absolute Gasteiger partial charge is 0.366 e. The van der Waals surface area contributed by atoms with Crippen LogP contribution < -0.4 is 11.1 Å². The predicted octanol–water partition coefficient (Wildman–Crippen LogP) is 2.28. The molecule has 2 aromatic rings. The molecule has 0 heterocycles. The molecule has 0 bridgehead atoms. The number of anilines is 1. The van der Waals surface area contributed by atoms with Gasteiger partial charge in [-0.15, -0.1) is 0 Å². The van der Waals surface area contributed by atoms with Gasteiger partial charge >= 0.3 is 0 Å². The molecule has 2 aromatic carbocycles. The van der Waals surface area contributed by atoms with Gasteiger partial charge in [0.1, 0.15) is 0 Å². The molecule has 0 unspecified atom stereocenters. The van der Waals surface area contributed by atoms with Crippen molar-refractivity contribution in [2.24, 2.45) is 5.73 Å². The van der Waals surface area contributed by atoms with Gasteiger partial charge in [-0.3, -0.25) is 9.59 Å². The second-order valence-electron chi connectivity index (χ2n) is 4.60. The van der Waals surface area contributed by atoms with Crippen molar-refractivity contribution in [2.75, 3.05) is 5.32 Å². The summed E-state index contributed by atoms with van der Waals surface area (Å²) in [5.74, 6) is -0.638. The van der Waals surface area contributed by atoms with E-state index in [1.165, 1.54) is 0 Å². The Balaban J connectivity index is 2.07. The predicted molar refractivity (Wildman–Crippen MR) is 78.5 cm³/mol. The van der Waals surface area contributed by atoms with Gasteiger partial charge in [-0.25, -0.2) is 0 Å². The van der Waals surface area contributed by atoms with E-state index in [-0.39, 0.29) is 5.91 Å². The highest BCUT2D eigenvalue weighted by Gasteiger charge is 2.07. The molecule has 4 heteroatoms. The van der Waals surface area contributed by atoms with Crippen molar-refractivity contribution in [3.8, 4) is 0 Å². The molecule has 2 amide bonds. The van der Waals surface area contributed by atoms with Gasteiger partial charge in [-0.05, 0) is 36.2 Å². The zero-order valence-electron chi connectivity index (χ0n) is 11.2. The molecule has 102 valence electrons. The van der Waals surface area contributed by atoms with Crippen LogP contribution in [0.3, 0.4) is 0 Å². The maximum absolute atomic E-state index is 12.0. The third-order valence-electron chi connectivity index (χ3n) is 3.04. The SMILES string of the molecule is Cc1ccccc1CC(=O)Nc1cccc(C(N)=O)c1. The lowest BCUT2D eigenvalue weighted by Crippen LogP contribution is -2.16. The average molecular weight is 268 g/mol. The first kappa shape index (κ1) is 13.8. The summed E-state index contributed by atoms with van der Waals surface area (Å²) in [5.41, 5.74) is 8.21. The Bertz CT molecular complexity index is 650. The van der Waals surface area contributed by atoms with Crippen molar-refractivity contribution in [2.45, 2.75) is 13.3 Å². The first-order valence-electron chi connectivity index (χ1n) is 6.30. The van der Waals surface area contributed by atoms with Gasteiger partial charge in [0.25, 0.3) is 0 Å². The Morgan fingerprint density at radius 1 is 1.10 bits per heavy atom. The maximum atomic E-state index is 12.0. The molecule has 0 aliphatic heterocycles. The van der Waals surface area contributed by atoms with Gasteiger partial charge in [0.05, 0.1) is 6.42 Å². The Kier molecular flexibility index (Phi) is 4.15. The second kappa shape index (κ2) is 6.02. The zero-order valence-corrected chi connectivity index (χ0v) is 11.2. The van der Waals surface area contributed by atoms with Crippen LogP contribution in [0, 0.1) is 6.92 Å². The molecular weight excluding hydrogens is 252 g/mol. The Hall–Kier alpha value is -2.62. The van der Waals surface area contributed by atoms with E-state index in [1.807, 2.05) is 31.2 Å². The lowest BCUT2D eigenvalue weighted by molar-refractivity contribution is -0.115. The van der Waals surface area contributed by atoms with Crippen LogP contribution in [0.4, 0.5) is 5.69 Å². The van der Waals surface area contributed by atoms with Crippen molar-refractivity contribution in [3.05, 3.63) is 65.2 Å². The highest BCUT2D eigenvalue weighted by Crippen LogP contribution is 2.12. The van der Waals surface area contributed by atoms with E-state index in [0.717, 1.165) is 11.1 Å². The van der Waals surface area contributed by atoms with Crippen molar-refractivity contribution in [1.82, 2.24) is 0 Å². The minimum Gasteiger partial charge on any atom is -0.366 e. The minimum absolute atomic E-state index is 0.124. The maximum Gasteiger partial charge on any atom is 0.248 e. The van der Waals surface area contributed by atoms with E-state index in [9.17, 15) is 9.59 Å². The normalized spacial score (nSPS) is 10.1. The highest BCUT2D eigenvalue weighted by molar-refractivity contribution is 5.96. The molecule has 4 nitrogen and oxygen atoms in total. The van der Waals surface area contributed by atoms with Gasteiger partial charge in [-0.1, -0.05) is 30.3 Å². The van der Waals surface area contributed by atoms with Crippen molar-refractivity contribution < 1.29 is 9.59 Å². The fourth-order valence-electron chi connectivity index (χ4n) is 1.94. The van der Waals surface area contributed by atoms with Crippen LogP contribution >= 0.6 is 0 Å². The number of nitrogens with two attached hydrogens (primary N) is 1. The van der Waals surface area contributed by atoms with Crippen molar-refractivity contribution in [1.29, 1.82) is 0 Å². The van der Waals surface area contributed by atoms with Crippen LogP contribution in [0.1, 0.15) is 21.5 Å². The topological polar surface area (TPSA) is 72.2 Å². The lowest BCUT2D eigenvalue weighted by atomic mass is 10.1. The number of amides is 2. The number of rotatable bonds is 4. The fourth-order valence-corrected chi connectivity index (χ4v) is 1.94. The average Bonchev–Trinajstić information content (AvgIpc) is 2.41. The molecule has 2 rings (SSSR count). The van der Waals surface area contributed by atoms with E-state index >= 15 is 0 Å². The molecule has 0 radical (unpaired) electrons. The molecule has 0 aromatic heterocycles. The zero-order chi connectivity index (χ0) is 14.5. The van der Waals surface area contributed by atoms with E-state index in [1.54, 1.807) is 24.3 Å². The Morgan fingerprint density at radius 2 is 1.85 bits per heavy atom. The third-order valence-corrected chi connectivity index (χ3v) is 3.04. The molecule has 0 atom stereocenters. The minimum atomic E-state index is -0.514. The molecule has 0 aliphatic carbocycles. The molecule has 0 saturated carbocycles. The van der Waals surface area contributed by atoms with Crippen LogP contribution in [0.2, 0.25) is 0 Å². The molecule has 0 spiro atoms. The van der Waals surface area contributed by atoms with Gasteiger partial charge < -0.3 is 11.1 Å². The highest BCUT2D eigenvalue weighted by atomic mass is 16.2. The Morgan fingerprint density at radius 3 is 2.55 bits per heavy atom. The molecule has 0 saturated heterocycles. The summed E-state index contributed by atoms with van der Waals surface area (Å²) < 4.78 is 0. The number of carbonyl (C=O) groups excluding carboxylic acids is 2. The first-order chi connectivity index (χ1) is 9.56. The summed E-state index contributed by atoms with van der Waals surface area (Å²) in [6.45, 7) is 1.97. The van der Waals surface area contributed by atoms with Gasteiger partial charge in [-0.2, -0.15) is 0 Å². The molecule has 20 heavy (non-hydrogen) atoms. The summed E-state index contributed by atoms with van der Waals surface area (Å²) in [5, 5.41) is 2.77. The number of aryl methyl sites for hydroxylation is 1. The van der Waals surface area contributed by atoms with Crippen molar-refractivity contribution >= 4 is 17.5 Å². The summed E-state index contributed by atoms with van der Waals surface area (Å²) in [7, 11) is 0.